The maximum atomic E-state index is 12.8. The molecule has 1 N–H and O–H groups in total. The van der Waals surface area contributed by atoms with E-state index in [0.29, 0.717) is 34.0 Å². The van der Waals surface area contributed by atoms with Gasteiger partial charge in [0.25, 0.3) is 11.6 Å². The molecule has 0 aromatic carbocycles. The maximum absolute atomic E-state index is 12.8. The second-order valence-corrected chi connectivity index (χ2v) is 6.95. The zero-order valence-electron chi connectivity index (χ0n) is 13.9. The largest absolute Gasteiger partial charge is 0.352 e. The van der Waals surface area contributed by atoms with Gasteiger partial charge in [0.2, 0.25) is 5.91 Å². The number of nitrogens with one attached hydrogen (secondary N) is 1. The van der Waals surface area contributed by atoms with Gasteiger partial charge in [-0.25, -0.2) is 4.98 Å². The van der Waals surface area contributed by atoms with Crippen molar-refractivity contribution in [1.29, 1.82) is 0 Å². The number of hydrogen-bond donors (Lipinski definition) is 1. The van der Waals surface area contributed by atoms with Crippen LogP contribution >= 0.6 is 11.8 Å². The monoisotopic (exact) mass is 348 g/mol. The summed E-state index contributed by atoms with van der Waals surface area (Å²) in [5.74, 6) is 0.811. The van der Waals surface area contributed by atoms with Crippen LogP contribution in [0.4, 0.5) is 0 Å². The Kier molecular flexibility index (Phi) is 4.75. The van der Waals surface area contributed by atoms with Crippen molar-refractivity contribution in [1.82, 2.24) is 20.4 Å². The van der Waals surface area contributed by atoms with Crippen LogP contribution < -0.4 is 5.32 Å². The number of fused-ring (bicyclic) bond motifs is 1. The molecule has 24 heavy (non-hydrogen) atoms. The minimum Gasteiger partial charge on any atom is -0.352 e. The van der Waals surface area contributed by atoms with E-state index >= 15 is 0 Å². The second kappa shape index (κ2) is 6.80. The van der Waals surface area contributed by atoms with Crippen LogP contribution in [0.15, 0.2) is 16.8 Å². The Hall–Kier alpha value is -2.09. The van der Waals surface area contributed by atoms with Crippen molar-refractivity contribution in [3.8, 4) is 0 Å². The van der Waals surface area contributed by atoms with Crippen LogP contribution in [0.3, 0.4) is 0 Å². The summed E-state index contributed by atoms with van der Waals surface area (Å²) in [5.41, 5.74) is 1.54. The molecule has 2 amide bonds. The maximum Gasteiger partial charge on any atom is 0.257 e. The summed E-state index contributed by atoms with van der Waals surface area (Å²) < 4.78 is 5.07. The van der Waals surface area contributed by atoms with E-state index in [-0.39, 0.29) is 17.9 Å². The van der Waals surface area contributed by atoms with E-state index in [1.807, 2.05) is 13.8 Å². The standard InChI is InChI=1S/C16H20N4O3S/c1-4-9(2)18-14(21)13-7-24-8-20(13)16(22)11-5-12-10(3)19-23-15(12)17-6-11/h5-6,9,13H,4,7-8H2,1-3H3,(H,18,21)/t9-,13+/m0/s1. The summed E-state index contributed by atoms with van der Waals surface area (Å²) in [7, 11) is 0. The lowest BCUT2D eigenvalue weighted by molar-refractivity contribution is -0.125. The van der Waals surface area contributed by atoms with Gasteiger partial charge in [-0.15, -0.1) is 11.8 Å². The molecule has 0 spiro atoms. The van der Waals surface area contributed by atoms with Gasteiger partial charge in [0.05, 0.1) is 22.5 Å². The molecule has 0 radical (unpaired) electrons. The zero-order valence-corrected chi connectivity index (χ0v) is 14.7. The number of nitrogens with zero attached hydrogens (tertiary/aromatic N) is 3. The third kappa shape index (κ3) is 3.10. The molecule has 8 heteroatoms. The minimum atomic E-state index is -0.448. The van der Waals surface area contributed by atoms with Gasteiger partial charge in [-0.05, 0) is 26.3 Å². The van der Waals surface area contributed by atoms with E-state index in [9.17, 15) is 9.59 Å². The van der Waals surface area contributed by atoms with Crippen molar-refractivity contribution in [3.05, 3.63) is 23.5 Å². The topological polar surface area (TPSA) is 88.3 Å². The number of carbonyl (C=O) groups is 2. The molecule has 1 aliphatic heterocycles. The first kappa shape index (κ1) is 16.8. The van der Waals surface area contributed by atoms with Crippen molar-refractivity contribution in [2.24, 2.45) is 0 Å². The van der Waals surface area contributed by atoms with Crippen molar-refractivity contribution in [2.75, 3.05) is 11.6 Å². The van der Waals surface area contributed by atoms with E-state index in [4.69, 9.17) is 4.52 Å². The fourth-order valence-electron chi connectivity index (χ4n) is 2.53. The Bertz CT molecular complexity index is 776. The number of aryl methyl sites for hydroxylation is 1. The Morgan fingerprint density at radius 1 is 1.54 bits per heavy atom. The van der Waals surface area contributed by atoms with Crippen LogP contribution in [-0.4, -0.2) is 50.6 Å². The molecule has 0 unspecified atom stereocenters. The van der Waals surface area contributed by atoms with E-state index in [1.54, 1.807) is 29.7 Å². The van der Waals surface area contributed by atoms with Crippen molar-refractivity contribution in [2.45, 2.75) is 39.3 Å². The number of pyridine rings is 1. The number of rotatable bonds is 4. The highest BCUT2D eigenvalue weighted by molar-refractivity contribution is 7.99. The van der Waals surface area contributed by atoms with E-state index in [1.165, 1.54) is 6.20 Å². The quantitative estimate of drug-likeness (QED) is 0.909. The van der Waals surface area contributed by atoms with E-state index < -0.39 is 6.04 Å². The summed E-state index contributed by atoms with van der Waals surface area (Å²) in [5, 5.41) is 7.52. The SMILES string of the molecule is CC[C@H](C)NC(=O)[C@H]1CSCN1C(=O)c1cnc2onc(C)c2c1. The molecule has 0 aliphatic carbocycles. The third-order valence-corrected chi connectivity index (χ3v) is 5.22. The van der Waals surface area contributed by atoms with Gasteiger partial charge in [0, 0.05) is 18.0 Å². The van der Waals surface area contributed by atoms with Crippen molar-refractivity contribution >= 4 is 34.7 Å². The first-order valence-corrected chi connectivity index (χ1v) is 9.07. The average molecular weight is 348 g/mol. The number of amides is 2. The van der Waals surface area contributed by atoms with Crippen LogP contribution in [0.25, 0.3) is 11.1 Å². The smallest absolute Gasteiger partial charge is 0.257 e. The first-order valence-electron chi connectivity index (χ1n) is 7.92. The van der Waals surface area contributed by atoms with E-state index in [2.05, 4.69) is 15.5 Å². The molecule has 0 saturated carbocycles. The van der Waals surface area contributed by atoms with E-state index in [0.717, 1.165) is 6.42 Å². The Morgan fingerprint density at radius 3 is 3.08 bits per heavy atom. The van der Waals surface area contributed by atoms with Gasteiger partial charge in [-0.1, -0.05) is 12.1 Å². The highest BCUT2D eigenvalue weighted by Crippen LogP contribution is 2.25. The molecular formula is C16H20N4O3S. The molecule has 2 atom stereocenters. The van der Waals surface area contributed by atoms with Gasteiger partial charge in [-0.3, -0.25) is 9.59 Å². The zero-order chi connectivity index (χ0) is 17.3. The molecule has 2 aromatic rings. The van der Waals surface area contributed by atoms with Crippen molar-refractivity contribution < 1.29 is 14.1 Å². The summed E-state index contributed by atoms with van der Waals surface area (Å²) in [6.45, 7) is 5.77. The Balaban J connectivity index is 1.81. The van der Waals surface area contributed by atoms with Gasteiger partial charge in [-0.2, -0.15) is 0 Å². The number of hydrogen-bond acceptors (Lipinski definition) is 6. The van der Waals surface area contributed by atoms with Gasteiger partial charge < -0.3 is 14.7 Å². The van der Waals surface area contributed by atoms with Crippen LogP contribution in [0.1, 0.15) is 36.3 Å². The van der Waals surface area contributed by atoms with Crippen LogP contribution in [0.2, 0.25) is 0 Å². The van der Waals surface area contributed by atoms with Crippen LogP contribution in [0, 0.1) is 6.92 Å². The van der Waals surface area contributed by atoms with Crippen LogP contribution in [-0.2, 0) is 4.79 Å². The van der Waals surface area contributed by atoms with Gasteiger partial charge >= 0.3 is 0 Å². The fraction of sp³-hybridized carbons (Fsp3) is 0.500. The molecule has 1 aliphatic rings. The van der Waals surface area contributed by atoms with Crippen LogP contribution in [0.5, 0.6) is 0 Å². The third-order valence-electron chi connectivity index (χ3n) is 4.20. The first-order chi connectivity index (χ1) is 11.5. The molecule has 0 bridgehead atoms. The molecule has 1 saturated heterocycles. The summed E-state index contributed by atoms with van der Waals surface area (Å²) >= 11 is 1.58. The Labute approximate surface area is 144 Å². The molecule has 1 fully saturated rings. The number of carbonyl (C=O) groups excluding carboxylic acids is 2. The predicted molar refractivity (Wildman–Crippen MR) is 91.7 cm³/mol. The molecule has 2 aromatic heterocycles. The van der Waals surface area contributed by atoms with Gasteiger partial charge in [0.15, 0.2) is 0 Å². The number of aromatic nitrogens is 2. The highest BCUT2D eigenvalue weighted by Gasteiger charge is 2.35. The fourth-order valence-corrected chi connectivity index (χ4v) is 3.68. The average Bonchev–Trinajstić information content (AvgIpc) is 3.21. The molecule has 128 valence electrons. The van der Waals surface area contributed by atoms with Crippen molar-refractivity contribution in [3.63, 3.8) is 0 Å². The molecular weight excluding hydrogens is 328 g/mol. The molecule has 3 rings (SSSR count). The number of thioether (sulfide) groups is 1. The molecule has 3 heterocycles. The lowest BCUT2D eigenvalue weighted by Gasteiger charge is -2.24. The highest BCUT2D eigenvalue weighted by atomic mass is 32.2. The normalized spacial score (nSPS) is 18.8. The summed E-state index contributed by atoms with van der Waals surface area (Å²) in [6.07, 6.45) is 2.33. The van der Waals surface area contributed by atoms with Gasteiger partial charge in [0.1, 0.15) is 6.04 Å². The predicted octanol–water partition coefficient (Wildman–Crippen LogP) is 1.96. The second-order valence-electron chi connectivity index (χ2n) is 5.95. The summed E-state index contributed by atoms with van der Waals surface area (Å²) in [6, 6.07) is 1.37. The lowest BCUT2D eigenvalue weighted by Crippen LogP contribution is -2.49. The summed E-state index contributed by atoms with van der Waals surface area (Å²) in [4.78, 5) is 31.0. The molecule has 7 nitrogen and oxygen atoms in total. The minimum absolute atomic E-state index is 0.0951. The lowest BCUT2D eigenvalue weighted by atomic mass is 10.1. The Morgan fingerprint density at radius 2 is 2.33 bits per heavy atom.